The molecule has 0 fully saturated rings. The third-order valence-corrected chi connectivity index (χ3v) is 4.76. The van der Waals surface area contributed by atoms with E-state index >= 15 is 0 Å². The van der Waals surface area contributed by atoms with Gasteiger partial charge in [-0.25, -0.2) is 4.98 Å². The molecule has 8 heteroatoms. The van der Waals surface area contributed by atoms with Gasteiger partial charge in [-0.2, -0.15) is 0 Å². The van der Waals surface area contributed by atoms with E-state index in [2.05, 4.69) is 20.7 Å². The van der Waals surface area contributed by atoms with Crippen LogP contribution in [-0.2, 0) is 17.8 Å². The average Bonchev–Trinajstić information content (AvgIpc) is 2.71. The zero-order chi connectivity index (χ0) is 20.1. The second-order valence-electron chi connectivity index (χ2n) is 6.83. The molecule has 0 spiro atoms. The first kappa shape index (κ1) is 19.6. The maximum atomic E-state index is 11.6. The van der Waals surface area contributed by atoms with Crippen LogP contribution in [0.1, 0.15) is 30.7 Å². The number of hydrogen-bond donors (Lipinski definition) is 3. The van der Waals surface area contributed by atoms with E-state index in [0.717, 1.165) is 46.9 Å². The molecule has 1 aliphatic rings. The summed E-state index contributed by atoms with van der Waals surface area (Å²) in [5, 5.41) is 3.29. The van der Waals surface area contributed by atoms with Crippen LogP contribution in [-0.4, -0.2) is 33.9 Å². The van der Waals surface area contributed by atoms with E-state index in [9.17, 15) is 4.79 Å². The fourth-order valence-corrected chi connectivity index (χ4v) is 2.95. The van der Waals surface area contributed by atoms with Crippen LogP contribution in [0, 0.1) is 6.92 Å². The number of pyridine rings is 2. The predicted octanol–water partition coefficient (Wildman–Crippen LogP) is 1.88. The first-order valence-corrected chi connectivity index (χ1v) is 9.18. The van der Waals surface area contributed by atoms with Crippen LogP contribution >= 0.6 is 0 Å². The van der Waals surface area contributed by atoms with Crippen LogP contribution in [0.4, 0.5) is 5.69 Å². The second kappa shape index (κ2) is 8.71. The molecule has 2 aromatic heterocycles. The number of aryl methyl sites for hydroxylation is 1. The Hall–Kier alpha value is -3.13. The van der Waals surface area contributed by atoms with Crippen LogP contribution < -0.4 is 21.3 Å². The zero-order valence-electron chi connectivity index (χ0n) is 16.5. The van der Waals surface area contributed by atoms with Gasteiger partial charge in [0.1, 0.15) is 6.61 Å². The number of carbonyl (C=O) groups excluding carboxylic acids is 1. The Balaban J connectivity index is 1.68. The number of amides is 1. The van der Waals surface area contributed by atoms with Crippen LogP contribution in [0.2, 0.25) is 0 Å². The summed E-state index contributed by atoms with van der Waals surface area (Å²) in [4.78, 5) is 22.1. The van der Waals surface area contributed by atoms with Gasteiger partial charge >= 0.3 is 0 Å². The quantitative estimate of drug-likeness (QED) is 0.517. The second-order valence-corrected chi connectivity index (χ2v) is 6.83. The lowest BCUT2D eigenvalue weighted by molar-refractivity contribution is -0.129. The van der Waals surface area contributed by atoms with Gasteiger partial charge in [0, 0.05) is 43.7 Å². The summed E-state index contributed by atoms with van der Waals surface area (Å²) in [7, 11) is 0. The molecule has 0 radical (unpaired) electrons. The largest absolute Gasteiger partial charge is 0.471 e. The summed E-state index contributed by atoms with van der Waals surface area (Å²) in [5.74, 6) is 6.21. The van der Waals surface area contributed by atoms with Gasteiger partial charge in [-0.1, -0.05) is 0 Å². The Kier molecular flexibility index (Phi) is 6.10. The number of allylic oxidation sites excluding steroid dienone is 1. The monoisotopic (exact) mass is 382 g/mol. The summed E-state index contributed by atoms with van der Waals surface area (Å²) in [6.07, 6.45) is 4.35. The molecule has 1 amide bonds. The predicted molar refractivity (Wildman–Crippen MR) is 107 cm³/mol. The van der Waals surface area contributed by atoms with Crippen molar-refractivity contribution in [3.05, 3.63) is 58.8 Å². The highest BCUT2D eigenvalue weighted by molar-refractivity contribution is 5.73. The first-order chi connectivity index (χ1) is 13.5. The van der Waals surface area contributed by atoms with Crippen molar-refractivity contribution in [1.82, 2.24) is 20.3 Å². The Morgan fingerprint density at radius 1 is 1.25 bits per heavy atom. The zero-order valence-corrected chi connectivity index (χ0v) is 16.5. The van der Waals surface area contributed by atoms with Crippen LogP contribution in [0.3, 0.4) is 0 Å². The number of carbonyl (C=O) groups is 1. The van der Waals surface area contributed by atoms with E-state index in [4.69, 9.17) is 10.6 Å². The summed E-state index contributed by atoms with van der Waals surface area (Å²) in [5.41, 5.74) is 8.23. The molecule has 3 heterocycles. The first-order valence-electron chi connectivity index (χ1n) is 9.18. The maximum absolute atomic E-state index is 11.6. The van der Waals surface area contributed by atoms with E-state index < -0.39 is 0 Å². The molecule has 8 nitrogen and oxygen atoms in total. The highest BCUT2D eigenvalue weighted by Gasteiger charge is 2.19. The van der Waals surface area contributed by atoms with Gasteiger partial charge in [0.25, 0.3) is 0 Å². The highest BCUT2D eigenvalue weighted by Crippen LogP contribution is 2.22. The molecular weight excluding hydrogens is 356 g/mol. The number of fused-ring (bicyclic) bond motifs is 1. The number of hydrazine groups is 1. The minimum Gasteiger partial charge on any atom is -0.471 e. The summed E-state index contributed by atoms with van der Waals surface area (Å²) >= 11 is 0. The van der Waals surface area contributed by atoms with Gasteiger partial charge in [0.15, 0.2) is 0 Å². The van der Waals surface area contributed by atoms with Gasteiger partial charge < -0.3 is 20.4 Å². The van der Waals surface area contributed by atoms with Crippen molar-refractivity contribution < 1.29 is 9.53 Å². The van der Waals surface area contributed by atoms with E-state index in [1.165, 1.54) is 0 Å². The number of rotatable bonds is 6. The molecule has 0 aliphatic carbocycles. The molecule has 148 valence electrons. The van der Waals surface area contributed by atoms with E-state index in [1.54, 1.807) is 19.3 Å². The maximum Gasteiger partial charge on any atom is 0.219 e. The lowest BCUT2D eigenvalue weighted by atomic mass is 10.0. The van der Waals surface area contributed by atoms with Crippen LogP contribution in [0.5, 0.6) is 5.88 Å². The Morgan fingerprint density at radius 3 is 2.75 bits per heavy atom. The lowest BCUT2D eigenvalue weighted by Gasteiger charge is -2.27. The molecule has 2 aromatic rings. The van der Waals surface area contributed by atoms with Crippen molar-refractivity contribution in [2.45, 2.75) is 33.7 Å². The summed E-state index contributed by atoms with van der Waals surface area (Å²) in [6, 6.07) is 5.83. The van der Waals surface area contributed by atoms with E-state index in [-0.39, 0.29) is 12.5 Å². The van der Waals surface area contributed by atoms with Crippen molar-refractivity contribution >= 4 is 11.6 Å². The number of hydrogen-bond acceptors (Lipinski definition) is 7. The van der Waals surface area contributed by atoms with Crippen molar-refractivity contribution in [3.63, 3.8) is 0 Å². The molecule has 0 bridgehead atoms. The van der Waals surface area contributed by atoms with Crippen LogP contribution in [0.15, 0.2) is 42.0 Å². The molecule has 0 atom stereocenters. The Labute approximate surface area is 164 Å². The number of aromatic nitrogens is 2. The van der Waals surface area contributed by atoms with Gasteiger partial charge in [0.2, 0.25) is 11.8 Å². The van der Waals surface area contributed by atoms with Gasteiger partial charge in [0.05, 0.1) is 17.6 Å². The third kappa shape index (κ3) is 4.77. The topological polar surface area (TPSA) is 105 Å². The number of ether oxygens (including phenoxy) is 1. The molecule has 0 aromatic carbocycles. The minimum atomic E-state index is 0.0854. The number of nitrogens with two attached hydrogens (primary N) is 1. The molecule has 0 unspecified atom stereocenters. The van der Waals surface area contributed by atoms with Crippen molar-refractivity contribution in [1.29, 1.82) is 0 Å². The fraction of sp³-hybridized carbons (Fsp3) is 0.350. The molecule has 1 aliphatic heterocycles. The molecular formula is C20H26N6O2. The molecule has 4 N–H and O–H groups in total. The smallest absolute Gasteiger partial charge is 0.219 e. The molecule has 0 saturated carbocycles. The Morgan fingerprint density at radius 2 is 2.07 bits per heavy atom. The van der Waals surface area contributed by atoms with E-state index in [1.807, 2.05) is 36.9 Å². The minimum absolute atomic E-state index is 0.0854. The van der Waals surface area contributed by atoms with Crippen molar-refractivity contribution in [2.24, 2.45) is 5.84 Å². The lowest BCUT2D eigenvalue weighted by Crippen LogP contribution is -2.34. The normalized spacial score (nSPS) is 14.1. The Bertz CT molecular complexity index is 879. The van der Waals surface area contributed by atoms with Gasteiger partial charge in [-0.05, 0) is 43.5 Å². The van der Waals surface area contributed by atoms with Crippen molar-refractivity contribution in [3.8, 4) is 5.88 Å². The van der Waals surface area contributed by atoms with E-state index in [0.29, 0.717) is 12.4 Å². The fourth-order valence-electron chi connectivity index (χ4n) is 2.95. The highest BCUT2D eigenvalue weighted by atomic mass is 16.5. The average molecular weight is 382 g/mol. The SMILES string of the molecule is CC(=O)N1CCc2cc(OC/C(Nc3ccc(C)nc3)=C(\C)NN)ncc2C1. The third-order valence-electron chi connectivity index (χ3n) is 4.76. The molecule has 28 heavy (non-hydrogen) atoms. The summed E-state index contributed by atoms with van der Waals surface area (Å²) < 4.78 is 5.90. The molecule has 3 rings (SSSR count). The van der Waals surface area contributed by atoms with Gasteiger partial charge in [-0.3, -0.25) is 15.6 Å². The van der Waals surface area contributed by atoms with Crippen molar-refractivity contribution in [2.75, 3.05) is 18.5 Å². The summed E-state index contributed by atoms with van der Waals surface area (Å²) in [6.45, 7) is 6.98. The number of nitrogens with one attached hydrogen (secondary N) is 2. The van der Waals surface area contributed by atoms with Gasteiger partial charge in [-0.15, -0.1) is 0 Å². The van der Waals surface area contributed by atoms with Crippen LogP contribution in [0.25, 0.3) is 0 Å². The molecule has 0 saturated heterocycles. The standard InChI is InChI=1S/C20H26N6O2/c1-13-4-5-18(10-22-13)24-19(14(2)25-21)12-28-20-8-16-6-7-26(15(3)27)11-17(16)9-23-20/h4-5,8-10,24-25H,6-7,11-12,21H2,1-3H3/b19-14-. The number of nitrogens with zero attached hydrogens (tertiary/aromatic N) is 3. The number of anilines is 1.